The Hall–Kier alpha value is -1.99. The zero-order valence-corrected chi connectivity index (χ0v) is 17.3. The molecule has 0 saturated heterocycles. The molecule has 2 aromatic rings. The number of aliphatic imine (C=N–C) groups is 1. The van der Waals surface area contributed by atoms with Gasteiger partial charge in [0.1, 0.15) is 0 Å². The van der Waals surface area contributed by atoms with Crippen LogP contribution in [-0.2, 0) is 17.9 Å². The fourth-order valence-electron chi connectivity index (χ4n) is 2.22. The molecule has 1 amide bonds. The van der Waals surface area contributed by atoms with E-state index in [-0.39, 0.29) is 12.5 Å². The Morgan fingerprint density at radius 3 is 2.73 bits per heavy atom. The third kappa shape index (κ3) is 6.38. The molecule has 2 rings (SSSR count). The highest BCUT2D eigenvalue weighted by atomic mass is 32.2. The summed E-state index contributed by atoms with van der Waals surface area (Å²) in [5.41, 5.74) is 2.42. The van der Waals surface area contributed by atoms with Gasteiger partial charge in [-0.3, -0.25) is 4.79 Å². The number of hydrogen-bond donors (Lipinski definition) is 2. The van der Waals surface area contributed by atoms with Gasteiger partial charge in [-0.05, 0) is 41.8 Å². The Morgan fingerprint density at radius 1 is 1.27 bits per heavy atom. The number of thiophene rings is 1. The second-order valence-electron chi connectivity index (χ2n) is 6.05. The van der Waals surface area contributed by atoms with E-state index < -0.39 is 0 Å². The van der Waals surface area contributed by atoms with E-state index in [2.05, 4.69) is 53.1 Å². The van der Waals surface area contributed by atoms with Crippen LogP contribution in [0.3, 0.4) is 0 Å². The van der Waals surface area contributed by atoms with E-state index in [9.17, 15) is 4.79 Å². The minimum absolute atomic E-state index is 0.00997. The summed E-state index contributed by atoms with van der Waals surface area (Å²) in [6, 6.07) is 10.5. The number of thioether (sulfide) groups is 1. The maximum atomic E-state index is 11.9. The van der Waals surface area contributed by atoms with Crippen LogP contribution in [0.25, 0.3) is 0 Å². The molecule has 2 N–H and O–H groups in total. The van der Waals surface area contributed by atoms with Crippen molar-refractivity contribution in [1.29, 1.82) is 0 Å². The van der Waals surface area contributed by atoms with Gasteiger partial charge >= 0.3 is 0 Å². The van der Waals surface area contributed by atoms with E-state index in [1.165, 1.54) is 20.9 Å². The third-order valence-electron chi connectivity index (χ3n) is 3.77. The number of nitrogens with one attached hydrogen (secondary N) is 2. The van der Waals surface area contributed by atoms with Crippen LogP contribution in [-0.4, -0.2) is 43.7 Å². The van der Waals surface area contributed by atoms with Gasteiger partial charge in [0.05, 0.1) is 19.6 Å². The van der Waals surface area contributed by atoms with Crippen molar-refractivity contribution in [3.8, 4) is 0 Å². The minimum Gasteiger partial charge on any atom is -0.351 e. The van der Waals surface area contributed by atoms with Crippen LogP contribution < -0.4 is 10.6 Å². The van der Waals surface area contributed by atoms with Crippen LogP contribution in [0.1, 0.15) is 16.0 Å². The van der Waals surface area contributed by atoms with Gasteiger partial charge in [0.25, 0.3) is 0 Å². The topological polar surface area (TPSA) is 56.7 Å². The number of benzene rings is 1. The first-order valence-electron chi connectivity index (χ1n) is 8.38. The summed E-state index contributed by atoms with van der Waals surface area (Å²) in [5, 5.41) is 8.48. The maximum absolute atomic E-state index is 11.9. The van der Waals surface area contributed by atoms with Gasteiger partial charge in [-0.2, -0.15) is 0 Å². The Bertz CT molecular complexity index is 742. The van der Waals surface area contributed by atoms with Gasteiger partial charge < -0.3 is 15.5 Å². The van der Waals surface area contributed by atoms with Gasteiger partial charge in [-0.25, -0.2) is 4.99 Å². The second kappa shape index (κ2) is 10.2. The molecule has 7 heteroatoms. The molecule has 26 heavy (non-hydrogen) atoms. The van der Waals surface area contributed by atoms with Crippen molar-refractivity contribution >= 4 is 35.0 Å². The Balaban J connectivity index is 2.07. The normalized spacial score (nSPS) is 11.3. The van der Waals surface area contributed by atoms with Crippen molar-refractivity contribution in [2.75, 3.05) is 26.9 Å². The molecular weight excluding hydrogens is 364 g/mol. The van der Waals surface area contributed by atoms with Gasteiger partial charge in [0.2, 0.25) is 5.91 Å². The molecule has 0 radical (unpaired) electrons. The van der Waals surface area contributed by atoms with Crippen molar-refractivity contribution in [2.24, 2.45) is 4.99 Å². The minimum atomic E-state index is 0.00997. The van der Waals surface area contributed by atoms with Crippen molar-refractivity contribution in [3.63, 3.8) is 0 Å². The predicted molar refractivity (Wildman–Crippen MR) is 112 cm³/mol. The molecule has 1 aromatic carbocycles. The first kappa shape index (κ1) is 20.3. The Labute approximate surface area is 163 Å². The highest BCUT2D eigenvalue weighted by Crippen LogP contribution is 2.22. The van der Waals surface area contributed by atoms with Gasteiger partial charge in [-0.15, -0.1) is 23.1 Å². The Kier molecular flexibility index (Phi) is 8.00. The SMILES string of the molecule is CSc1cc(C)ccc1CN=C(NCC(=O)N(C)C)NCc1cccs1. The number of amides is 1. The van der Waals surface area contributed by atoms with Crippen LogP contribution in [0.2, 0.25) is 0 Å². The van der Waals surface area contributed by atoms with Crippen LogP contribution in [0.5, 0.6) is 0 Å². The summed E-state index contributed by atoms with van der Waals surface area (Å²) < 4.78 is 0. The molecule has 140 valence electrons. The first-order valence-corrected chi connectivity index (χ1v) is 10.5. The molecule has 0 aliphatic carbocycles. The summed E-state index contributed by atoms with van der Waals surface area (Å²) in [5.74, 6) is 0.650. The lowest BCUT2D eigenvalue weighted by Gasteiger charge is -2.15. The second-order valence-corrected chi connectivity index (χ2v) is 7.94. The largest absolute Gasteiger partial charge is 0.351 e. The molecule has 0 atom stereocenters. The number of aryl methyl sites for hydroxylation is 1. The van der Waals surface area contributed by atoms with E-state index in [4.69, 9.17) is 0 Å². The molecule has 0 bridgehead atoms. The first-order chi connectivity index (χ1) is 12.5. The maximum Gasteiger partial charge on any atom is 0.241 e. The fourth-order valence-corrected chi connectivity index (χ4v) is 3.57. The summed E-state index contributed by atoms with van der Waals surface area (Å²) >= 11 is 3.42. The monoisotopic (exact) mass is 390 g/mol. The van der Waals surface area contributed by atoms with E-state index in [1.54, 1.807) is 42.1 Å². The standard InChI is InChI=1S/C19H26N4OS2/c1-14-7-8-15(17(10-14)25-4)11-20-19(22-13-18(24)23(2)3)21-12-16-6-5-9-26-16/h5-10H,11-13H2,1-4H3,(H2,20,21,22). The molecule has 0 spiro atoms. The Morgan fingerprint density at radius 2 is 2.08 bits per heavy atom. The number of carbonyl (C=O) groups is 1. The summed E-state index contributed by atoms with van der Waals surface area (Å²) in [7, 11) is 3.49. The number of likely N-dealkylation sites (N-methyl/N-ethyl adjacent to an activating group) is 1. The van der Waals surface area contributed by atoms with E-state index in [1.807, 2.05) is 11.4 Å². The molecule has 0 aliphatic rings. The lowest BCUT2D eigenvalue weighted by atomic mass is 10.1. The van der Waals surface area contributed by atoms with Gasteiger partial charge in [0.15, 0.2) is 5.96 Å². The highest BCUT2D eigenvalue weighted by molar-refractivity contribution is 7.98. The lowest BCUT2D eigenvalue weighted by molar-refractivity contribution is -0.127. The molecular formula is C19H26N4OS2. The number of rotatable bonds is 7. The summed E-state index contributed by atoms with van der Waals surface area (Å²) in [4.78, 5) is 20.6. The molecule has 0 aliphatic heterocycles. The predicted octanol–water partition coefficient (Wildman–Crippen LogP) is 3.10. The van der Waals surface area contributed by atoms with Crippen molar-refractivity contribution in [1.82, 2.24) is 15.5 Å². The average Bonchev–Trinajstić information content (AvgIpc) is 3.14. The van der Waals surface area contributed by atoms with Crippen molar-refractivity contribution < 1.29 is 4.79 Å². The van der Waals surface area contributed by atoms with Crippen molar-refractivity contribution in [3.05, 3.63) is 51.7 Å². The van der Waals surface area contributed by atoms with Crippen LogP contribution in [0, 0.1) is 6.92 Å². The highest BCUT2D eigenvalue weighted by Gasteiger charge is 2.07. The average molecular weight is 391 g/mol. The van der Waals surface area contributed by atoms with Gasteiger partial charge in [-0.1, -0.05) is 18.2 Å². The third-order valence-corrected chi connectivity index (χ3v) is 5.46. The van der Waals surface area contributed by atoms with Crippen molar-refractivity contribution in [2.45, 2.75) is 24.9 Å². The zero-order valence-electron chi connectivity index (χ0n) is 15.7. The number of guanidine groups is 1. The molecule has 0 fully saturated rings. The number of hydrogen-bond acceptors (Lipinski definition) is 4. The van der Waals surface area contributed by atoms with E-state index in [0.29, 0.717) is 19.0 Å². The summed E-state index contributed by atoms with van der Waals surface area (Å²) in [6.45, 7) is 3.55. The quantitative estimate of drug-likeness (QED) is 0.433. The zero-order chi connectivity index (χ0) is 18.9. The lowest BCUT2D eigenvalue weighted by Crippen LogP contribution is -2.42. The fraction of sp³-hybridized carbons (Fsp3) is 0.368. The molecule has 1 aromatic heterocycles. The van der Waals surface area contributed by atoms with Crippen LogP contribution >= 0.6 is 23.1 Å². The van der Waals surface area contributed by atoms with Gasteiger partial charge in [0, 0.05) is 23.9 Å². The molecule has 1 heterocycles. The smallest absolute Gasteiger partial charge is 0.241 e. The summed E-state index contributed by atoms with van der Waals surface area (Å²) in [6.07, 6.45) is 2.08. The molecule has 0 saturated carbocycles. The van der Waals surface area contributed by atoms with E-state index >= 15 is 0 Å². The molecule has 5 nitrogen and oxygen atoms in total. The van der Waals surface area contributed by atoms with E-state index in [0.717, 1.165) is 0 Å². The van der Waals surface area contributed by atoms with Crippen LogP contribution in [0.4, 0.5) is 0 Å². The molecule has 0 unspecified atom stereocenters. The number of carbonyl (C=O) groups excluding carboxylic acids is 1. The number of nitrogens with zero attached hydrogens (tertiary/aromatic N) is 2. The van der Waals surface area contributed by atoms with Crippen LogP contribution in [0.15, 0.2) is 45.6 Å².